The first-order chi connectivity index (χ1) is 26.5. The summed E-state index contributed by atoms with van der Waals surface area (Å²) < 4.78 is 41.8. The van der Waals surface area contributed by atoms with E-state index in [1.54, 1.807) is 0 Å². The van der Waals surface area contributed by atoms with Gasteiger partial charge in [0.25, 0.3) is 5.91 Å². The Balaban J connectivity index is 1.20. The lowest BCUT2D eigenvalue weighted by atomic mass is 9.85. The molecule has 0 unspecified atom stereocenters. The van der Waals surface area contributed by atoms with E-state index in [0.717, 1.165) is 53.3 Å². The van der Waals surface area contributed by atoms with Crippen LogP contribution in [0.4, 0.5) is 4.79 Å². The second-order valence-electron chi connectivity index (χ2n) is 17.1. The second-order valence-corrected chi connectivity index (χ2v) is 19.1. The number of aromatic nitrogens is 1. The van der Waals surface area contributed by atoms with Crippen LogP contribution in [0.2, 0.25) is 0 Å². The number of rotatable bonds is 12. The summed E-state index contributed by atoms with van der Waals surface area (Å²) in [5.41, 5.74) is 0.317. The molecule has 1 aliphatic heterocycles. The average molecular weight is 788 g/mol. The molecule has 4 fully saturated rings. The first kappa shape index (κ1) is 39.5. The number of methoxy groups -OCH3 is 1. The molecule has 1 saturated heterocycles. The smallest absolute Gasteiger partial charge is 0.408 e. The van der Waals surface area contributed by atoms with Gasteiger partial charge in [0.1, 0.15) is 29.3 Å². The zero-order chi connectivity index (χ0) is 40.2. The van der Waals surface area contributed by atoms with Crippen LogP contribution in [0.5, 0.6) is 0 Å². The highest BCUT2D eigenvalue weighted by atomic mass is 32.2. The van der Waals surface area contributed by atoms with E-state index in [2.05, 4.69) is 50.8 Å². The van der Waals surface area contributed by atoms with E-state index in [1.807, 2.05) is 58.3 Å². The number of carbonyl (C=O) groups excluding carboxylic acids is 4. The number of ether oxygens (including phenoxy) is 2. The van der Waals surface area contributed by atoms with Gasteiger partial charge in [0.2, 0.25) is 21.8 Å². The number of nitrogens with one attached hydrogen (secondary N) is 3. The first-order valence-corrected chi connectivity index (χ1v) is 21.0. The number of benzene rings is 2. The van der Waals surface area contributed by atoms with Crippen LogP contribution in [0.15, 0.2) is 67.4 Å². The SMILES string of the molecule is C=C[C@@H]1C[C@]1(NC(=O)[C@@H]1C[C@@](OC)(c2ccc(-c3ccc4ccn(C)c4c3)cc2)CN1C(=O)[C@@H](NC(=O)OC1CCCC1)C(C)(C)C)C(=O)NS(=O)(=O)C1CC1. The maximum absolute atomic E-state index is 14.8. The van der Waals surface area contributed by atoms with Gasteiger partial charge < -0.3 is 29.6 Å². The molecule has 56 heavy (non-hydrogen) atoms. The number of hydrogen-bond donors (Lipinski definition) is 3. The quantitative estimate of drug-likeness (QED) is 0.215. The van der Waals surface area contributed by atoms with Gasteiger partial charge in [-0.2, -0.15) is 0 Å². The first-order valence-electron chi connectivity index (χ1n) is 19.5. The summed E-state index contributed by atoms with van der Waals surface area (Å²) in [6.45, 7) is 9.24. The molecule has 300 valence electrons. The topological polar surface area (TPSA) is 165 Å². The van der Waals surface area contributed by atoms with E-state index in [-0.39, 0.29) is 25.5 Å². The number of carbonyl (C=O) groups is 4. The van der Waals surface area contributed by atoms with Gasteiger partial charge in [0, 0.05) is 38.2 Å². The van der Waals surface area contributed by atoms with Crippen LogP contribution >= 0.6 is 0 Å². The Morgan fingerprint density at radius 1 is 0.964 bits per heavy atom. The van der Waals surface area contributed by atoms with Gasteiger partial charge in [-0.3, -0.25) is 19.1 Å². The molecule has 3 saturated carbocycles. The minimum Gasteiger partial charge on any atom is -0.446 e. The van der Waals surface area contributed by atoms with Crippen molar-refractivity contribution in [2.24, 2.45) is 18.4 Å². The van der Waals surface area contributed by atoms with Crippen molar-refractivity contribution in [3.63, 3.8) is 0 Å². The van der Waals surface area contributed by atoms with Crippen molar-refractivity contribution in [2.75, 3.05) is 13.7 Å². The zero-order valence-corrected chi connectivity index (χ0v) is 33.6. The summed E-state index contributed by atoms with van der Waals surface area (Å²) in [5.74, 6) is -2.51. The van der Waals surface area contributed by atoms with Crippen molar-refractivity contribution in [3.05, 3.63) is 72.9 Å². The fraction of sp³-hybridized carbons (Fsp3) is 0.524. The lowest BCUT2D eigenvalue weighted by Crippen LogP contribution is -2.60. The molecule has 2 aromatic carbocycles. The predicted octanol–water partition coefficient (Wildman–Crippen LogP) is 5.04. The molecular weight excluding hydrogens is 735 g/mol. The number of alkyl carbamates (subject to hydrolysis) is 1. The minimum absolute atomic E-state index is 0.0238. The number of nitrogens with zero attached hydrogens (tertiary/aromatic N) is 2. The normalized spacial score (nSPS) is 25.8. The molecule has 0 bridgehead atoms. The molecule has 1 aromatic heterocycles. The molecule has 3 aliphatic carbocycles. The number of aryl methyl sites for hydroxylation is 1. The Morgan fingerprint density at radius 3 is 2.25 bits per heavy atom. The van der Waals surface area contributed by atoms with Crippen molar-refractivity contribution in [2.45, 2.75) is 107 Å². The zero-order valence-electron chi connectivity index (χ0n) is 32.8. The van der Waals surface area contributed by atoms with Crippen molar-refractivity contribution in [1.82, 2.24) is 24.8 Å². The van der Waals surface area contributed by atoms with Crippen LogP contribution in [0, 0.1) is 11.3 Å². The molecule has 0 radical (unpaired) electrons. The van der Waals surface area contributed by atoms with E-state index in [0.29, 0.717) is 12.8 Å². The van der Waals surface area contributed by atoms with Crippen LogP contribution in [0.3, 0.4) is 0 Å². The highest BCUT2D eigenvalue weighted by Gasteiger charge is 2.62. The van der Waals surface area contributed by atoms with Crippen LogP contribution in [-0.4, -0.2) is 84.3 Å². The average Bonchev–Trinajstić information content (AvgIpc) is 4.00. The van der Waals surface area contributed by atoms with Crippen LogP contribution in [-0.2, 0) is 46.5 Å². The number of amides is 4. The largest absolute Gasteiger partial charge is 0.446 e. The Hall–Kier alpha value is -4.69. The summed E-state index contributed by atoms with van der Waals surface area (Å²) in [6, 6.07) is 13.9. The number of likely N-dealkylation sites (tertiary alicyclic amines) is 1. The molecule has 4 aliphatic rings. The summed E-state index contributed by atoms with van der Waals surface area (Å²) in [5, 5.41) is 6.16. The van der Waals surface area contributed by atoms with Gasteiger partial charge in [-0.25, -0.2) is 13.2 Å². The Morgan fingerprint density at radius 2 is 1.64 bits per heavy atom. The van der Waals surface area contributed by atoms with Crippen LogP contribution in [0.25, 0.3) is 22.0 Å². The highest BCUT2D eigenvalue weighted by Crippen LogP contribution is 2.47. The molecule has 5 atom stereocenters. The van der Waals surface area contributed by atoms with Gasteiger partial charge in [-0.15, -0.1) is 6.58 Å². The molecule has 0 spiro atoms. The molecule has 3 aromatic rings. The van der Waals surface area contributed by atoms with Crippen molar-refractivity contribution in [3.8, 4) is 11.1 Å². The molecular formula is C42H53N5O8S. The summed E-state index contributed by atoms with van der Waals surface area (Å²) in [4.78, 5) is 57.6. The monoisotopic (exact) mass is 787 g/mol. The van der Waals surface area contributed by atoms with Crippen molar-refractivity contribution >= 4 is 44.7 Å². The Kier molecular flexibility index (Phi) is 10.4. The van der Waals surface area contributed by atoms with Gasteiger partial charge in [0.15, 0.2) is 0 Å². The summed E-state index contributed by atoms with van der Waals surface area (Å²) in [7, 11) is -0.370. The van der Waals surface area contributed by atoms with Crippen molar-refractivity contribution in [1.29, 1.82) is 0 Å². The van der Waals surface area contributed by atoms with Crippen LogP contribution in [0.1, 0.15) is 77.7 Å². The second kappa shape index (κ2) is 14.7. The molecule has 3 N–H and O–H groups in total. The van der Waals surface area contributed by atoms with E-state index in [9.17, 15) is 27.6 Å². The van der Waals surface area contributed by atoms with E-state index >= 15 is 0 Å². The molecule has 7 rings (SSSR count). The van der Waals surface area contributed by atoms with Gasteiger partial charge in [0.05, 0.1) is 11.8 Å². The van der Waals surface area contributed by atoms with Crippen molar-refractivity contribution < 1.29 is 37.1 Å². The van der Waals surface area contributed by atoms with Gasteiger partial charge in [-0.1, -0.05) is 63.2 Å². The summed E-state index contributed by atoms with van der Waals surface area (Å²) >= 11 is 0. The lowest BCUT2D eigenvalue weighted by molar-refractivity contribution is -0.143. The Bertz CT molecular complexity index is 2150. The third-order valence-electron chi connectivity index (χ3n) is 12.1. The maximum atomic E-state index is 14.8. The fourth-order valence-electron chi connectivity index (χ4n) is 8.36. The molecule has 14 heteroatoms. The third-order valence-corrected chi connectivity index (χ3v) is 14.0. The number of hydrogen-bond acceptors (Lipinski definition) is 8. The Labute approximate surface area is 328 Å². The van der Waals surface area contributed by atoms with E-state index < -0.39 is 73.6 Å². The van der Waals surface area contributed by atoms with Gasteiger partial charge in [-0.05, 0) is 84.6 Å². The predicted molar refractivity (Wildman–Crippen MR) is 212 cm³/mol. The van der Waals surface area contributed by atoms with Gasteiger partial charge >= 0.3 is 6.09 Å². The molecule has 2 heterocycles. The van der Waals surface area contributed by atoms with E-state index in [1.165, 1.54) is 18.1 Å². The highest BCUT2D eigenvalue weighted by molar-refractivity contribution is 7.91. The molecule has 13 nitrogen and oxygen atoms in total. The number of fused-ring (bicyclic) bond motifs is 1. The molecule has 4 amide bonds. The van der Waals surface area contributed by atoms with E-state index in [4.69, 9.17) is 9.47 Å². The van der Waals surface area contributed by atoms with Crippen LogP contribution < -0.4 is 15.4 Å². The standard InChI is InChI=1S/C42H53N5O8S/c1-7-29-23-42(29,38(50)45-56(52,53)32-18-19-32)44-36(48)34-24-41(54-6,30-16-14-26(15-17-30)28-13-12-27-20-21-46(5)33(27)22-28)25-47(34)37(49)35(40(2,3)4)43-39(51)55-31-10-8-9-11-31/h7,12-17,20-22,29,31-32,34-35H,1,8-11,18-19,23-25H2,2-6H3,(H,43,51)(H,44,48)(H,45,50)/t29-,34+,35-,41+,42-/m1/s1. The number of sulfonamides is 1. The summed E-state index contributed by atoms with van der Waals surface area (Å²) in [6.07, 6.45) is 7.16. The maximum Gasteiger partial charge on any atom is 0.408 e. The lowest BCUT2D eigenvalue weighted by Gasteiger charge is -2.36. The fourth-order valence-corrected chi connectivity index (χ4v) is 9.73. The minimum atomic E-state index is -3.90. The third kappa shape index (κ3) is 7.57.